The molecule has 2 aromatic heterocycles. The molecule has 0 fully saturated rings. The van der Waals surface area contributed by atoms with Crippen molar-refractivity contribution < 1.29 is 4.79 Å². The summed E-state index contributed by atoms with van der Waals surface area (Å²) in [7, 11) is 3.74. The third-order valence-corrected chi connectivity index (χ3v) is 7.77. The Balaban J connectivity index is 1.38. The fourth-order valence-corrected chi connectivity index (χ4v) is 5.70. The van der Waals surface area contributed by atoms with Gasteiger partial charge in [-0.1, -0.05) is 41.3 Å². The lowest BCUT2D eigenvalue weighted by molar-refractivity contribution is -0.112. The van der Waals surface area contributed by atoms with E-state index in [1.165, 1.54) is 28.0 Å². The molecule has 3 aromatic rings. The standard InChI is InChI=1S/C21H20N6OS3/c1-26-16-7-3-4-8-17(16)27(2)19(26)15(12-22)18(28)13-30-21-25-24-20(31-21)23-10-9-14-6-5-11-29-14/h3-8,11H,9-10,13H2,1-2H3,(H,23,24). The number of carbonyl (C=O) groups excluding carboxylic acids is 1. The number of allylic oxidation sites excluding steroid dienone is 1. The highest BCUT2D eigenvalue weighted by molar-refractivity contribution is 8.01. The lowest BCUT2D eigenvalue weighted by Gasteiger charge is -2.19. The highest BCUT2D eigenvalue weighted by Gasteiger charge is 2.31. The number of hydrogen-bond acceptors (Lipinski definition) is 10. The summed E-state index contributed by atoms with van der Waals surface area (Å²) in [6.45, 7) is 0.780. The van der Waals surface area contributed by atoms with Crippen LogP contribution in [0, 0.1) is 11.3 Å². The van der Waals surface area contributed by atoms with Gasteiger partial charge in [-0.15, -0.1) is 21.5 Å². The maximum absolute atomic E-state index is 12.9. The predicted molar refractivity (Wildman–Crippen MR) is 128 cm³/mol. The smallest absolute Gasteiger partial charge is 0.206 e. The molecular formula is C21H20N6OS3. The number of Topliss-reactive ketones (excluding diaryl/α,β-unsaturated/α-hetero) is 1. The zero-order valence-electron chi connectivity index (χ0n) is 17.0. The molecule has 10 heteroatoms. The molecule has 4 rings (SSSR count). The van der Waals surface area contributed by atoms with Gasteiger partial charge in [0.1, 0.15) is 17.5 Å². The quantitative estimate of drug-likeness (QED) is 0.299. The average molecular weight is 469 g/mol. The third kappa shape index (κ3) is 4.58. The first-order valence-electron chi connectivity index (χ1n) is 9.55. The zero-order valence-corrected chi connectivity index (χ0v) is 19.5. The average Bonchev–Trinajstić information content (AvgIpc) is 3.51. The topological polar surface area (TPSA) is 85.1 Å². The summed E-state index contributed by atoms with van der Waals surface area (Å²) in [4.78, 5) is 18.0. The number of nitrogens with one attached hydrogen (secondary N) is 1. The zero-order chi connectivity index (χ0) is 21.8. The number of nitrogens with zero attached hydrogens (tertiary/aromatic N) is 5. The van der Waals surface area contributed by atoms with E-state index < -0.39 is 0 Å². The second-order valence-corrected chi connectivity index (χ2v) is 9.99. The van der Waals surface area contributed by atoms with Crippen molar-refractivity contribution in [3.05, 3.63) is 58.0 Å². The fraction of sp³-hybridized carbons (Fsp3) is 0.238. The van der Waals surface area contributed by atoms with Crippen molar-refractivity contribution >= 4 is 56.7 Å². The van der Waals surface area contributed by atoms with Crippen molar-refractivity contribution in [3.8, 4) is 6.07 Å². The molecule has 1 aliphatic rings. The van der Waals surface area contributed by atoms with Crippen LogP contribution in [0.4, 0.5) is 16.5 Å². The van der Waals surface area contributed by atoms with Crippen LogP contribution >= 0.6 is 34.4 Å². The summed E-state index contributed by atoms with van der Waals surface area (Å²) in [5, 5.41) is 24.1. The minimum Gasteiger partial charge on any atom is -0.360 e. The molecular weight excluding hydrogens is 448 g/mol. The maximum atomic E-state index is 12.9. The SMILES string of the molecule is CN1C(=C(C#N)C(=O)CSc2nnc(NCCc3cccs3)s2)N(C)c2ccccc21. The number of thiophene rings is 1. The van der Waals surface area contributed by atoms with E-state index in [0.29, 0.717) is 10.2 Å². The number of para-hydroxylation sites is 2. The van der Waals surface area contributed by atoms with Crippen LogP contribution in [0.25, 0.3) is 0 Å². The Labute approximate surface area is 193 Å². The van der Waals surface area contributed by atoms with E-state index in [-0.39, 0.29) is 17.1 Å². The van der Waals surface area contributed by atoms with Crippen LogP contribution in [0.15, 0.2) is 57.5 Å². The fourth-order valence-electron chi connectivity index (χ4n) is 3.34. The number of anilines is 3. The molecule has 0 unspecified atom stereocenters. The Bertz CT molecular complexity index is 1120. The van der Waals surface area contributed by atoms with E-state index >= 15 is 0 Å². The normalized spacial score (nSPS) is 12.6. The highest BCUT2D eigenvalue weighted by Crippen LogP contribution is 2.40. The second kappa shape index (κ2) is 9.51. The number of aromatic nitrogens is 2. The molecule has 0 aliphatic carbocycles. The molecule has 0 amide bonds. The van der Waals surface area contributed by atoms with Crippen LogP contribution in [-0.4, -0.2) is 42.4 Å². The van der Waals surface area contributed by atoms with Crippen molar-refractivity contribution in [1.82, 2.24) is 10.2 Å². The van der Waals surface area contributed by atoms with Gasteiger partial charge < -0.3 is 15.1 Å². The number of carbonyl (C=O) groups is 1. The summed E-state index contributed by atoms with van der Waals surface area (Å²) in [6, 6.07) is 14.1. The van der Waals surface area contributed by atoms with E-state index in [2.05, 4.69) is 33.0 Å². The van der Waals surface area contributed by atoms with Crippen LogP contribution in [-0.2, 0) is 11.2 Å². The monoisotopic (exact) mass is 468 g/mol. The summed E-state index contributed by atoms with van der Waals surface area (Å²) < 4.78 is 0.700. The van der Waals surface area contributed by atoms with Crippen molar-refractivity contribution in [2.75, 3.05) is 41.5 Å². The molecule has 0 saturated heterocycles. The van der Waals surface area contributed by atoms with Crippen molar-refractivity contribution in [2.24, 2.45) is 0 Å². The molecule has 0 bridgehead atoms. The molecule has 0 spiro atoms. The van der Waals surface area contributed by atoms with E-state index in [1.807, 2.05) is 54.2 Å². The van der Waals surface area contributed by atoms with Crippen LogP contribution in [0.1, 0.15) is 4.88 Å². The molecule has 0 radical (unpaired) electrons. The lowest BCUT2D eigenvalue weighted by atomic mass is 10.2. The number of rotatable bonds is 8. The number of ketones is 1. The van der Waals surface area contributed by atoms with Gasteiger partial charge in [-0.2, -0.15) is 5.26 Å². The van der Waals surface area contributed by atoms with Gasteiger partial charge in [-0.3, -0.25) is 4.79 Å². The minimum atomic E-state index is -0.226. The number of benzene rings is 1. The minimum absolute atomic E-state index is 0.133. The second-order valence-electron chi connectivity index (χ2n) is 6.76. The first-order chi connectivity index (χ1) is 15.1. The summed E-state index contributed by atoms with van der Waals surface area (Å²) in [5.74, 6) is 0.507. The first-order valence-corrected chi connectivity index (χ1v) is 12.2. The van der Waals surface area contributed by atoms with Gasteiger partial charge in [0.2, 0.25) is 5.13 Å². The highest BCUT2D eigenvalue weighted by atomic mass is 32.2. The first kappa shape index (κ1) is 21.4. The van der Waals surface area contributed by atoms with Gasteiger partial charge in [0.15, 0.2) is 10.1 Å². The van der Waals surface area contributed by atoms with E-state index in [1.54, 1.807) is 11.3 Å². The summed E-state index contributed by atoms with van der Waals surface area (Å²) >= 11 is 4.45. The summed E-state index contributed by atoms with van der Waals surface area (Å²) in [6.07, 6.45) is 0.931. The number of fused-ring (bicyclic) bond motifs is 1. The third-order valence-electron chi connectivity index (χ3n) is 4.82. The Hall–Kier alpha value is -2.87. The van der Waals surface area contributed by atoms with Gasteiger partial charge in [-0.05, 0) is 30.0 Å². The van der Waals surface area contributed by atoms with Crippen molar-refractivity contribution in [2.45, 2.75) is 10.8 Å². The number of hydrogen-bond donors (Lipinski definition) is 1. The maximum Gasteiger partial charge on any atom is 0.206 e. The predicted octanol–water partition coefficient (Wildman–Crippen LogP) is 4.24. The van der Waals surface area contributed by atoms with Crippen LogP contribution < -0.4 is 15.1 Å². The van der Waals surface area contributed by atoms with Crippen molar-refractivity contribution in [3.63, 3.8) is 0 Å². The number of thioether (sulfide) groups is 1. The van der Waals surface area contributed by atoms with Crippen LogP contribution in [0.5, 0.6) is 0 Å². The Morgan fingerprint density at radius 2 is 1.90 bits per heavy atom. The van der Waals surface area contributed by atoms with E-state index in [0.717, 1.165) is 29.5 Å². The largest absolute Gasteiger partial charge is 0.360 e. The van der Waals surface area contributed by atoms with Gasteiger partial charge >= 0.3 is 0 Å². The van der Waals surface area contributed by atoms with Gasteiger partial charge in [0.05, 0.1) is 17.1 Å². The molecule has 7 nitrogen and oxygen atoms in total. The van der Waals surface area contributed by atoms with Crippen molar-refractivity contribution in [1.29, 1.82) is 5.26 Å². The molecule has 1 aliphatic heterocycles. The Morgan fingerprint density at radius 1 is 1.16 bits per heavy atom. The lowest BCUT2D eigenvalue weighted by Crippen LogP contribution is -2.26. The van der Waals surface area contributed by atoms with Gasteiger partial charge in [-0.25, -0.2) is 0 Å². The summed E-state index contributed by atoms with van der Waals surface area (Å²) in [5.41, 5.74) is 2.08. The molecule has 31 heavy (non-hydrogen) atoms. The number of nitriles is 1. The Kier molecular flexibility index (Phi) is 6.56. The molecule has 0 atom stereocenters. The van der Waals surface area contributed by atoms with Crippen LogP contribution in [0.2, 0.25) is 0 Å². The molecule has 158 valence electrons. The Morgan fingerprint density at radius 3 is 2.55 bits per heavy atom. The molecule has 3 heterocycles. The van der Waals surface area contributed by atoms with Gasteiger partial charge in [0, 0.05) is 25.5 Å². The molecule has 0 saturated carbocycles. The van der Waals surface area contributed by atoms with E-state index in [9.17, 15) is 10.1 Å². The van der Waals surface area contributed by atoms with E-state index in [4.69, 9.17) is 0 Å². The molecule has 1 N–H and O–H groups in total. The molecule has 1 aromatic carbocycles. The van der Waals surface area contributed by atoms with Crippen LogP contribution in [0.3, 0.4) is 0 Å². The van der Waals surface area contributed by atoms with Gasteiger partial charge in [0.25, 0.3) is 0 Å².